The van der Waals surface area contributed by atoms with Crippen molar-refractivity contribution in [1.29, 1.82) is 0 Å². The van der Waals surface area contributed by atoms with E-state index in [1.54, 1.807) is 12.1 Å². The standard InChI is InChI=1S/C16H23FN2/c1-19(2)16(8-3-9-16)11-18-15-7-4-12-10-13(17)5-6-14(12)15/h5-6,10,15,18H,3-4,7-9,11H2,1-2H3. The number of fused-ring (bicyclic) bond motifs is 1. The lowest BCUT2D eigenvalue weighted by Gasteiger charge is -2.48. The summed E-state index contributed by atoms with van der Waals surface area (Å²) in [6, 6.07) is 5.65. The Hall–Kier alpha value is -0.930. The van der Waals surface area contributed by atoms with Crippen LogP contribution in [0.4, 0.5) is 4.39 Å². The molecule has 0 aromatic heterocycles. The van der Waals surface area contributed by atoms with Crippen LogP contribution in [-0.2, 0) is 6.42 Å². The fourth-order valence-electron chi connectivity index (χ4n) is 3.48. The Morgan fingerprint density at radius 1 is 1.37 bits per heavy atom. The van der Waals surface area contributed by atoms with Crippen LogP contribution in [0.2, 0.25) is 0 Å². The van der Waals surface area contributed by atoms with E-state index >= 15 is 0 Å². The number of likely N-dealkylation sites (N-methyl/N-ethyl adjacent to an activating group) is 1. The highest BCUT2D eigenvalue weighted by Gasteiger charge is 2.39. The van der Waals surface area contributed by atoms with Crippen LogP contribution in [0.5, 0.6) is 0 Å². The second-order valence-electron chi connectivity index (χ2n) is 6.29. The summed E-state index contributed by atoms with van der Waals surface area (Å²) in [6.45, 7) is 1.04. The fraction of sp³-hybridized carbons (Fsp3) is 0.625. The largest absolute Gasteiger partial charge is 0.308 e. The fourth-order valence-corrected chi connectivity index (χ4v) is 3.48. The first-order chi connectivity index (χ1) is 9.11. The van der Waals surface area contributed by atoms with Crippen molar-refractivity contribution in [1.82, 2.24) is 10.2 Å². The van der Waals surface area contributed by atoms with Gasteiger partial charge in [0.15, 0.2) is 0 Å². The van der Waals surface area contributed by atoms with Gasteiger partial charge in [0, 0.05) is 18.1 Å². The van der Waals surface area contributed by atoms with E-state index in [1.165, 1.54) is 30.4 Å². The lowest BCUT2D eigenvalue weighted by Crippen LogP contribution is -2.56. The van der Waals surface area contributed by atoms with Crippen molar-refractivity contribution in [2.45, 2.75) is 43.7 Å². The van der Waals surface area contributed by atoms with Crippen LogP contribution >= 0.6 is 0 Å². The summed E-state index contributed by atoms with van der Waals surface area (Å²) in [7, 11) is 4.36. The van der Waals surface area contributed by atoms with Crippen LogP contribution in [0.25, 0.3) is 0 Å². The molecule has 0 radical (unpaired) electrons. The topological polar surface area (TPSA) is 15.3 Å². The number of aryl methyl sites for hydroxylation is 1. The SMILES string of the molecule is CN(C)C1(CNC2CCc3cc(F)ccc32)CCC1. The predicted molar refractivity (Wildman–Crippen MR) is 75.7 cm³/mol. The highest BCUT2D eigenvalue weighted by atomic mass is 19.1. The first-order valence-electron chi connectivity index (χ1n) is 7.30. The Kier molecular flexibility index (Phi) is 3.35. The van der Waals surface area contributed by atoms with Gasteiger partial charge in [-0.1, -0.05) is 6.07 Å². The molecule has 1 aromatic carbocycles. The highest BCUT2D eigenvalue weighted by molar-refractivity contribution is 5.35. The van der Waals surface area contributed by atoms with Crippen molar-refractivity contribution in [2.24, 2.45) is 0 Å². The maximum atomic E-state index is 13.2. The van der Waals surface area contributed by atoms with Crippen LogP contribution in [0, 0.1) is 5.82 Å². The number of hydrogen-bond donors (Lipinski definition) is 1. The molecule has 1 N–H and O–H groups in total. The van der Waals surface area contributed by atoms with Crippen molar-refractivity contribution in [2.75, 3.05) is 20.6 Å². The minimum atomic E-state index is -0.108. The van der Waals surface area contributed by atoms with Gasteiger partial charge in [-0.15, -0.1) is 0 Å². The normalized spacial score (nSPS) is 24.3. The van der Waals surface area contributed by atoms with Gasteiger partial charge < -0.3 is 10.2 Å². The molecule has 0 spiro atoms. The molecule has 1 atom stereocenters. The molecule has 0 heterocycles. The van der Waals surface area contributed by atoms with E-state index < -0.39 is 0 Å². The molecule has 3 heteroatoms. The van der Waals surface area contributed by atoms with E-state index in [2.05, 4.69) is 24.3 Å². The summed E-state index contributed by atoms with van der Waals surface area (Å²) in [6.07, 6.45) is 6.01. The third-order valence-electron chi connectivity index (χ3n) is 5.09. The van der Waals surface area contributed by atoms with Crippen molar-refractivity contribution < 1.29 is 4.39 Å². The molecule has 2 aliphatic carbocycles. The smallest absolute Gasteiger partial charge is 0.123 e. The van der Waals surface area contributed by atoms with E-state index in [-0.39, 0.29) is 5.82 Å². The van der Waals surface area contributed by atoms with Crippen molar-refractivity contribution in [3.05, 3.63) is 35.1 Å². The van der Waals surface area contributed by atoms with Gasteiger partial charge in [0.1, 0.15) is 5.82 Å². The molecule has 0 saturated heterocycles. The zero-order valence-corrected chi connectivity index (χ0v) is 11.9. The quantitative estimate of drug-likeness (QED) is 0.897. The van der Waals surface area contributed by atoms with Crippen molar-refractivity contribution >= 4 is 0 Å². The summed E-state index contributed by atoms with van der Waals surface area (Å²) in [5.74, 6) is -0.108. The van der Waals surface area contributed by atoms with Gasteiger partial charge in [-0.05, 0) is 69.5 Å². The van der Waals surface area contributed by atoms with Crippen LogP contribution < -0.4 is 5.32 Å². The average molecular weight is 262 g/mol. The molecule has 1 fully saturated rings. The third kappa shape index (κ3) is 2.30. The van der Waals surface area contributed by atoms with Gasteiger partial charge >= 0.3 is 0 Å². The monoisotopic (exact) mass is 262 g/mol. The minimum Gasteiger partial charge on any atom is -0.308 e. The number of benzene rings is 1. The van der Waals surface area contributed by atoms with Gasteiger partial charge in [0.05, 0.1) is 0 Å². The highest BCUT2D eigenvalue weighted by Crippen LogP contribution is 2.37. The van der Waals surface area contributed by atoms with Crippen molar-refractivity contribution in [3.8, 4) is 0 Å². The summed E-state index contributed by atoms with van der Waals surface area (Å²) in [5, 5.41) is 3.72. The Labute approximate surface area is 115 Å². The summed E-state index contributed by atoms with van der Waals surface area (Å²) < 4.78 is 13.2. The number of nitrogens with zero attached hydrogens (tertiary/aromatic N) is 1. The predicted octanol–water partition coefficient (Wildman–Crippen LogP) is 2.89. The average Bonchev–Trinajstić information content (AvgIpc) is 2.69. The molecule has 1 aromatic rings. The molecular formula is C16H23FN2. The molecule has 0 amide bonds. The van der Waals surface area contributed by atoms with Crippen LogP contribution in [0.1, 0.15) is 42.9 Å². The summed E-state index contributed by atoms with van der Waals surface area (Å²) >= 11 is 0. The lowest BCUT2D eigenvalue weighted by molar-refractivity contribution is 0.0571. The molecular weight excluding hydrogens is 239 g/mol. The van der Waals surface area contributed by atoms with Crippen molar-refractivity contribution in [3.63, 3.8) is 0 Å². The minimum absolute atomic E-state index is 0.108. The second kappa shape index (κ2) is 4.88. The summed E-state index contributed by atoms with van der Waals surface area (Å²) in [4.78, 5) is 2.37. The van der Waals surface area contributed by atoms with Gasteiger partial charge in [-0.25, -0.2) is 4.39 Å². The molecule has 3 rings (SSSR count). The molecule has 0 aliphatic heterocycles. The molecule has 1 unspecified atom stereocenters. The number of halogens is 1. The molecule has 104 valence electrons. The Balaban J connectivity index is 1.67. The molecule has 2 aliphatic rings. The molecule has 0 bridgehead atoms. The van der Waals surface area contributed by atoms with Gasteiger partial charge in [-0.3, -0.25) is 0 Å². The summed E-state index contributed by atoms with van der Waals surface area (Å²) in [5.41, 5.74) is 2.84. The van der Waals surface area contributed by atoms with Crippen LogP contribution in [0.15, 0.2) is 18.2 Å². The first-order valence-corrected chi connectivity index (χ1v) is 7.30. The Morgan fingerprint density at radius 2 is 2.16 bits per heavy atom. The molecule has 2 nitrogen and oxygen atoms in total. The zero-order chi connectivity index (χ0) is 13.5. The van der Waals surface area contributed by atoms with Gasteiger partial charge in [0.2, 0.25) is 0 Å². The lowest BCUT2D eigenvalue weighted by atomic mass is 9.75. The van der Waals surface area contributed by atoms with E-state index in [1.807, 2.05) is 6.07 Å². The van der Waals surface area contributed by atoms with Crippen LogP contribution in [0.3, 0.4) is 0 Å². The third-order valence-corrected chi connectivity index (χ3v) is 5.09. The van der Waals surface area contributed by atoms with E-state index in [0.29, 0.717) is 11.6 Å². The van der Waals surface area contributed by atoms with Gasteiger partial charge in [-0.2, -0.15) is 0 Å². The molecule has 1 saturated carbocycles. The van der Waals surface area contributed by atoms with E-state index in [4.69, 9.17) is 0 Å². The number of nitrogens with one attached hydrogen (secondary N) is 1. The first kappa shape index (κ1) is 13.1. The van der Waals surface area contributed by atoms with E-state index in [0.717, 1.165) is 19.4 Å². The maximum Gasteiger partial charge on any atom is 0.123 e. The second-order valence-corrected chi connectivity index (χ2v) is 6.29. The Morgan fingerprint density at radius 3 is 2.79 bits per heavy atom. The van der Waals surface area contributed by atoms with Crippen LogP contribution in [-0.4, -0.2) is 31.1 Å². The zero-order valence-electron chi connectivity index (χ0n) is 11.9. The molecule has 19 heavy (non-hydrogen) atoms. The Bertz CT molecular complexity index is 466. The maximum absolute atomic E-state index is 13.2. The van der Waals surface area contributed by atoms with Gasteiger partial charge in [0.25, 0.3) is 0 Å². The van der Waals surface area contributed by atoms with E-state index in [9.17, 15) is 4.39 Å². The number of hydrogen-bond acceptors (Lipinski definition) is 2. The number of rotatable bonds is 4.